The van der Waals surface area contributed by atoms with Gasteiger partial charge >= 0.3 is 0 Å². The fraction of sp³-hybridized carbons (Fsp3) is 0.467. The van der Waals surface area contributed by atoms with E-state index in [2.05, 4.69) is 15.5 Å². The van der Waals surface area contributed by atoms with Gasteiger partial charge in [-0.1, -0.05) is 0 Å². The van der Waals surface area contributed by atoms with Crippen LogP contribution in [-0.2, 0) is 4.74 Å². The molecule has 1 fully saturated rings. The number of nitrogens with one attached hydrogen (secondary N) is 2. The van der Waals surface area contributed by atoms with E-state index in [0.29, 0.717) is 28.9 Å². The number of H-pyrrole nitrogens is 1. The van der Waals surface area contributed by atoms with Crippen LogP contribution in [0.25, 0.3) is 11.5 Å². The molecular weight excluding hydrogens is 302 g/mol. The Labute approximate surface area is 133 Å². The maximum atomic E-state index is 12.0. The molecule has 3 rings (SSSR count). The Morgan fingerprint density at radius 2 is 2.32 bits per heavy atom. The second-order valence-electron chi connectivity index (χ2n) is 5.08. The van der Waals surface area contributed by atoms with Gasteiger partial charge in [-0.2, -0.15) is 16.9 Å². The molecule has 0 saturated carbocycles. The van der Waals surface area contributed by atoms with Crippen molar-refractivity contribution in [1.82, 2.24) is 15.5 Å². The summed E-state index contributed by atoms with van der Waals surface area (Å²) in [6.45, 7) is 2.35. The number of rotatable bonds is 6. The van der Waals surface area contributed by atoms with Gasteiger partial charge in [-0.25, -0.2) is 0 Å². The lowest BCUT2D eigenvalue weighted by Gasteiger charge is -2.21. The van der Waals surface area contributed by atoms with E-state index in [4.69, 9.17) is 9.15 Å². The van der Waals surface area contributed by atoms with Crippen molar-refractivity contribution in [3.05, 3.63) is 30.2 Å². The summed E-state index contributed by atoms with van der Waals surface area (Å²) in [6, 6.07) is 5.31. The number of aromatic amines is 1. The topological polar surface area (TPSA) is 80.1 Å². The third kappa shape index (κ3) is 3.92. The van der Waals surface area contributed by atoms with Crippen LogP contribution in [0.4, 0.5) is 0 Å². The highest BCUT2D eigenvalue weighted by Gasteiger charge is 2.15. The summed E-state index contributed by atoms with van der Waals surface area (Å²) in [5.74, 6) is 1.41. The first-order chi connectivity index (χ1) is 10.8. The smallest absolute Gasteiger partial charge is 0.271 e. The van der Waals surface area contributed by atoms with Crippen LogP contribution >= 0.6 is 11.8 Å². The standard InChI is InChI=1S/C15H19N3O3S/c19-15(16-5-9-22-11-3-7-20-8-4-11)13-10-12(17-18-13)14-2-1-6-21-14/h1-2,6,10-11H,3-5,7-9H2,(H,16,19)(H,17,18). The van der Waals surface area contributed by atoms with Gasteiger partial charge in [0.15, 0.2) is 11.5 Å². The monoisotopic (exact) mass is 321 g/mol. The highest BCUT2D eigenvalue weighted by Crippen LogP contribution is 2.21. The van der Waals surface area contributed by atoms with Gasteiger partial charge in [0.05, 0.1) is 6.26 Å². The molecule has 7 heteroatoms. The molecule has 0 atom stereocenters. The molecule has 0 aliphatic carbocycles. The maximum absolute atomic E-state index is 12.0. The predicted octanol–water partition coefficient (Wildman–Crippen LogP) is 2.31. The zero-order chi connectivity index (χ0) is 15.2. The molecule has 1 aliphatic heterocycles. The molecule has 22 heavy (non-hydrogen) atoms. The molecule has 3 heterocycles. The zero-order valence-corrected chi connectivity index (χ0v) is 13.0. The summed E-state index contributed by atoms with van der Waals surface area (Å²) in [6.07, 6.45) is 3.79. The summed E-state index contributed by atoms with van der Waals surface area (Å²) in [4.78, 5) is 12.0. The van der Waals surface area contributed by atoms with Gasteiger partial charge < -0.3 is 14.5 Å². The van der Waals surface area contributed by atoms with Crippen molar-refractivity contribution in [2.24, 2.45) is 0 Å². The van der Waals surface area contributed by atoms with Crippen LogP contribution < -0.4 is 5.32 Å². The van der Waals surface area contributed by atoms with Crippen molar-refractivity contribution >= 4 is 17.7 Å². The molecule has 118 valence electrons. The van der Waals surface area contributed by atoms with E-state index in [9.17, 15) is 4.79 Å². The number of aromatic nitrogens is 2. The van der Waals surface area contributed by atoms with Crippen LogP contribution in [0.1, 0.15) is 23.3 Å². The number of furan rings is 1. The molecule has 1 aliphatic rings. The lowest BCUT2D eigenvalue weighted by molar-refractivity contribution is 0.0950. The van der Waals surface area contributed by atoms with Gasteiger partial charge in [-0.05, 0) is 25.0 Å². The van der Waals surface area contributed by atoms with Gasteiger partial charge in [0, 0.05) is 36.8 Å². The highest BCUT2D eigenvalue weighted by atomic mass is 32.2. The molecule has 0 aromatic carbocycles. The van der Waals surface area contributed by atoms with Crippen molar-refractivity contribution in [2.45, 2.75) is 18.1 Å². The van der Waals surface area contributed by atoms with Gasteiger partial charge in [0.2, 0.25) is 0 Å². The van der Waals surface area contributed by atoms with E-state index in [-0.39, 0.29) is 5.91 Å². The van der Waals surface area contributed by atoms with Gasteiger partial charge in [0.25, 0.3) is 5.91 Å². The Bertz CT molecular complexity index is 591. The summed E-state index contributed by atoms with van der Waals surface area (Å²) >= 11 is 1.90. The van der Waals surface area contributed by atoms with E-state index in [1.165, 1.54) is 0 Å². The minimum Gasteiger partial charge on any atom is -0.463 e. The normalized spacial score (nSPS) is 15.8. The average Bonchev–Trinajstić information content (AvgIpc) is 3.22. The second kappa shape index (κ2) is 7.51. The Balaban J connectivity index is 1.42. The fourth-order valence-corrected chi connectivity index (χ4v) is 3.40. The molecule has 6 nitrogen and oxygen atoms in total. The van der Waals surface area contributed by atoms with Gasteiger partial charge in [-0.3, -0.25) is 9.89 Å². The number of carbonyl (C=O) groups is 1. The molecular formula is C15H19N3O3S. The quantitative estimate of drug-likeness (QED) is 0.798. The zero-order valence-electron chi connectivity index (χ0n) is 12.2. The van der Waals surface area contributed by atoms with E-state index in [1.54, 1.807) is 18.4 Å². The van der Waals surface area contributed by atoms with Crippen LogP contribution in [0.15, 0.2) is 28.9 Å². The molecule has 2 N–H and O–H groups in total. The van der Waals surface area contributed by atoms with E-state index in [1.807, 2.05) is 17.8 Å². The van der Waals surface area contributed by atoms with Crippen LogP contribution in [0, 0.1) is 0 Å². The number of hydrogen-bond acceptors (Lipinski definition) is 5. The first-order valence-electron chi connectivity index (χ1n) is 7.40. The molecule has 0 spiro atoms. The van der Waals surface area contributed by atoms with E-state index < -0.39 is 0 Å². The SMILES string of the molecule is O=C(NCCSC1CCOCC1)c1cc(-c2ccco2)[nH]n1. The van der Waals surface area contributed by atoms with Crippen LogP contribution in [-0.4, -0.2) is 46.9 Å². The van der Waals surface area contributed by atoms with Gasteiger partial charge in [-0.15, -0.1) is 0 Å². The van der Waals surface area contributed by atoms with Crippen LogP contribution in [0.5, 0.6) is 0 Å². The molecule has 0 radical (unpaired) electrons. The Hall–Kier alpha value is -1.73. The highest BCUT2D eigenvalue weighted by molar-refractivity contribution is 7.99. The van der Waals surface area contributed by atoms with Crippen molar-refractivity contribution < 1.29 is 13.9 Å². The lowest BCUT2D eigenvalue weighted by atomic mass is 10.2. The van der Waals surface area contributed by atoms with Crippen molar-refractivity contribution in [3.8, 4) is 11.5 Å². The number of hydrogen-bond donors (Lipinski definition) is 2. The number of amides is 1. The molecule has 0 bridgehead atoms. The number of thioether (sulfide) groups is 1. The molecule has 2 aromatic heterocycles. The number of nitrogens with zero attached hydrogens (tertiary/aromatic N) is 1. The molecule has 1 saturated heterocycles. The summed E-state index contributed by atoms with van der Waals surface area (Å²) in [5.41, 5.74) is 1.08. The molecule has 2 aromatic rings. The van der Waals surface area contributed by atoms with Crippen LogP contribution in [0.3, 0.4) is 0 Å². The van der Waals surface area contributed by atoms with E-state index >= 15 is 0 Å². The summed E-state index contributed by atoms with van der Waals surface area (Å²) in [7, 11) is 0. The first kappa shape index (κ1) is 15.2. The lowest BCUT2D eigenvalue weighted by Crippen LogP contribution is -2.27. The summed E-state index contributed by atoms with van der Waals surface area (Å²) in [5, 5.41) is 10.4. The predicted molar refractivity (Wildman–Crippen MR) is 84.9 cm³/mol. The summed E-state index contributed by atoms with van der Waals surface area (Å²) < 4.78 is 10.6. The van der Waals surface area contributed by atoms with Crippen molar-refractivity contribution in [2.75, 3.05) is 25.5 Å². The third-order valence-corrected chi connectivity index (χ3v) is 4.89. The first-order valence-corrected chi connectivity index (χ1v) is 8.44. The van der Waals surface area contributed by atoms with Crippen molar-refractivity contribution in [3.63, 3.8) is 0 Å². The van der Waals surface area contributed by atoms with Crippen LogP contribution in [0.2, 0.25) is 0 Å². The van der Waals surface area contributed by atoms with Crippen molar-refractivity contribution in [1.29, 1.82) is 0 Å². The second-order valence-corrected chi connectivity index (χ2v) is 6.49. The van der Waals surface area contributed by atoms with E-state index in [0.717, 1.165) is 31.8 Å². The largest absolute Gasteiger partial charge is 0.463 e. The van der Waals surface area contributed by atoms with Gasteiger partial charge in [0.1, 0.15) is 5.69 Å². The third-order valence-electron chi connectivity index (χ3n) is 3.51. The number of carbonyl (C=O) groups excluding carboxylic acids is 1. The Morgan fingerprint density at radius 1 is 1.45 bits per heavy atom. The number of ether oxygens (including phenoxy) is 1. The Morgan fingerprint density at radius 3 is 3.09 bits per heavy atom. The molecule has 1 amide bonds. The maximum Gasteiger partial charge on any atom is 0.271 e. The Kier molecular flexibility index (Phi) is 5.18. The average molecular weight is 321 g/mol. The minimum absolute atomic E-state index is 0.165. The fourth-order valence-electron chi connectivity index (χ4n) is 2.32. The molecule has 0 unspecified atom stereocenters. The minimum atomic E-state index is -0.165.